The van der Waals surface area contributed by atoms with Crippen LogP contribution < -0.4 is 5.56 Å². The van der Waals surface area contributed by atoms with Crippen molar-refractivity contribution in [3.8, 4) is 11.4 Å². The van der Waals surface area contributed by atoms with Crippen LogP contribution in [-0.2, 0) is 4.79 Å². The number of aromatic nitrogens is 3. The van der Waals surface area contributed by atoms with Crippen molar-refractivity contribution in [3.63, 3.8) is 0 Å². The maximum absolute atomic E-state index is 13.3. The Morgan fingerprint density at radius 2 is 1.64 bits per heavy atom. The van der Waals surface area contributed by atoms with Gasteiger partial charge in [0.2, 0.25) is 0 Å². The lowest BCUT2D eigenvalue weighted by Crippen LogP contribution is -2.20. The highest BCUT2D eigenvalue weighted by molar-refractivity contribution is 6.00. The number of hydrogen-bond acceptors (Lipinski definition) is 4. The number of benzene rings is 3. The van der Waals surface area contributed by atoms with E-state index in [1.54, 1.807) is 42.1 Å². The highest BCUT2D eigenvalue weighted by atomic mass is 16.4. The van der Waals surface area contributed by atoms with E-state index in [9.17, 15) is 14.7 Å². The fourth-order valence-electron chi connectivity index (χ4n) is 3.90. The molecule has 7 heteroatoms. The molecular weight excluding hydrogens is 416 g/mol. The van der Waals surface area contributed by atoms with Gasteiger partial charge in [-0.05, 0) is 25.1 Å². The van der Waals surface area contributed by atoms with Gasteiger partial charge in [-0.15, -0.1) is 0 Å². The number of hydrogen-bond donors (Lipinski definition) is 1. The van der Waals surface area contributed by atoms with E-state index < -0.39 is 12.0 Å². The lowest BCUT2D eigenvalue weighted by atomic mass is 10.2. The molecule has 0 aliphatic rings. The largest absolute Gasteiger partial charge is 0.480 e. The van der Waals surface area contributed by atoms with Crippen LogP contribution in [-0.4, -0.2) is 31.5 Å². The van der Waals surface area contributed by atoms with Crippen LogP contribution in [0.15, 0.2) is 95.0 Å². The molecule has 1 atom stereocenters. The average Bonchev–Trinajstić information content (AvgIpc) is 3.22. The molecule has 0 aliphatic heterocycles. The van der Waals surface area contributed by atoms with Gasteiger partial charge in [0.1, 0.15) is 6.04 Å². The normalized spacial score (nSPS) is 12.5. The van der Waals surface area contributed by atoms with Gasteiger partial charge in [-0.2, -0.15) is 9.78 Å². The Balaban J connectivity index is 1.71. The first kappa shape index (κ1) is 20.4. The van der Waals surface area contributed by atoms with Crippen molar-refractivity contribution in [1.82, 2.24) is 14.2 Å². The van der Waals surface area contributed by atoms with Gasteiger partial charge in [-0.1, -0.05) is 60.7 Å². The van der Waals surface area contributed by atoms with E-state index >= 15 is 0 Å². The van der Waals surface area contributed by atoms with Crippen molar-refractivity contribution >= 4 is 34.0 Å². The van der Waals surface area contributed by atoms with Crippen LogP contribution in [0.3, 0.4) is 0 Å². The second-order valence-corrected chi connectivity index (χ2v) is 7.70. The van der Waals surface area contributed by atoms with E-state index in [0.29, 0.717) is 22.3 Å². The summed E-state index contributed by atoms with van der Waals surface area (Å²) in [5.74, 6) is -0.501. The quantitative estimate of drug-likeness (QED) is 0.410. The summed E-state index contributed by atoms with van der Waals surface area (Å²) in [7, 11) is 0. The Labute approximate surface area is 188 Å². The van der Waals surface area contributed by atoms with E-state index in [4.69, 9.17) is 4.98 Å². The van der Waals surface area contributed by atoms with Crippen molar-refractivity contribution in [1.29, 1.82) is 0 Å². The molecule has 2 aromatic heterocycles. The first-order valence-corrected chi connectivity index (χ1v) is 10.5. The van der Waals surface area contributed by atoms with E-state index in [1.165, 1.54) is 4.68 Å². The minimum atomic E-state index is -0.930. The van der Waals surface area contributed by atoms with Gasteiger partial charge in [0.25, 0.3) is 5.56 Å². The molecule has 162 valence electrons. The summed E-state index contributed by atoms with van der Waals surface area (Å²) in [5.41, 5.74) is 2.57. The molecule has 0 unspecified atom stereocenters. The van der Waals surface area contributed by atoms with E-state index in [-0.39, 0.29) is 5.56 Å². The minimum Gasteiger partial charge on any atom is -0.480 e. The smallest absolute Gasteiger partial charge is 0.326 e. The summed E-state index contributed by atoms with van der Waals surface area (Å²) in [6.07, 6.45) is 3.33. The number of para-hydroxylation sites is 2. The molecule has 3 aromatic carbocycles. The second kappa shape index (κ2) is 8.20. The molecule has 0 bridgehead atoms. The van der Waals surface area contributed by atoms with Gasteiger partial charge in [-0.3, -0.25) is 4.79 Å². The summed E-state index contributed by atoms with van der Waals surface area (Å²) < 4.78 is 2.99. The predicted molar refractivity (Wildman–Crippen MR) is 129 cm³/mol. The van der Waals surface area contributed by atoms with Crippen LogP contribution in [0.4, 0.5) is 0 Å². The highest BCUT2D eigenvalue weighted by Crippen LogP contribution is 2.24. The van der Waals surface area contributed by atoms with Crippen molar-refractivity contribution in [2.24, 2.45) is 5.10 Å². The summed E-state index contributed by atoms with van der Waals surface area (Å²) in [6, 6.07) is 23.3. The summed E-state index contributed by atoms with van der Waals surface area (Å²) in [6.45, 7) is 1.63. The molecule has 7 nitrogen and oxygen atoms in total. The number of rotatable bonds is 5. The first-order chi connectivity index (χ1) is 16.0. The second-order valence-electron chi connectivity index (χ2n) is 7.70. The molecule has 0 saturated heterocycles. The number of aliphatic carboxylic acids is 1. The molecule has 0 radical (unpaired) electrons. The van der Waals surface area contributed by atoms with Gasteiger partial charge < -0.3 is 9.67 Å². The van der Waals surface area contributed by atoms with E-state index in [2.05, 4.69) is 5.10 Å². The fraction of sp³-hybridized carbons (Fsp3) is 0.0769. The zero-order valence-corrected chi connectivity index (χ0v) is 17.8. The van der Waals surface area contributed by atoms with Crippen molar-refractivity contribution in [3.05, 3.63) is 101 Å². The Bertz CT molecular complexity index is 1580. The fourth-order valence-corrected chi connectivity index (χ4v) is 3.90. The molecule has 1 N–H and O–H groups in total. The standard InChI is InChI=1S/C26H20N4O3/c1-17(26(32)33)29-16-19(20-11-6-8-14-23(20)29)15-27-30-24(18-9-3-2-4-10-18)28-22-13-7-5-12-21(22)25(30)31/h2-17H,1H3,(H,32,33)/t17-/m1/s1. The molecule has 0 fully saturated rings. The molecule has 2 heterocycles. The van der Waals surface area contributed by atoms with Gasteiger partial charge in [-0.25, -0.2) is 9.78 Å². The number of carboxylic acid groups (broad SMARTS) is 1. The van der Waals surface area contributed by atoms with Crippen LogP contribution in [0.1, 0.15) is 18.5 Å². The van der Waals surface area contributed by atoms with Gasteiger partial charge in [0.15, 0.2) is 5.82 Å². The summed E-state index contributed by atoms with van der Waals surface area (Å²) in [5, 5.41) is 15.3. The molecule has 0 amide bonds. The van der Waals surface area contributed by atoms with Crippen LogP contribution in [0, 0.1) is 0 Å². The van der Waals surface area contributed by atoms with Crippen LogP contribution in [0.5, 0.6) is 0 Å². The Morgan fingerprint density at radius 3 is 2.39 bits per heavy atom. The third-order valence-corrected chi connectivity index (χ3v) is 5.64. The SMILES string of the molecule is C[C@H](C(=O)O)n1cc(C=Nn2c(-c3ccccc3)nc3ccccc3c2=O)c2ccccc21. The average molecular weight is 436 g/mol. The Kier molecular flexibility index (Phi) is 5.06. The highest BCUT2D eigenvalue weighted by Gasteiger charge is 2.18. The monoisotopic (exact) mass is 436 g/mol. The van der Waals surface area contributed by atoms with Crippen molar-refractivity contribution < 1.29 is 9.90 Å². The lowest BCUT2D eigenvalue weighted by Gasteiger charge is -2.09. The molecule has 5 aromatic rings. The Hall–Kier alpha value is -4.52. The van der Waals surface area contributed by atoms with E-state index in [0.717, 1.165) is 16.5 Å². The summed E-state index contributed by atoms with van der Waals surface area (Å²) in [4.78, 5) is 29.6. The number of carbonyl (C=O) groups is 1. The topological polar surface area (TPSA) is 89.5 Å². The molecule has 33 heavy (non-hydrogen) atoms. The van der Waals surface area contributed by atoms with Crippen LogP contribution in [0.25, 0.3) is 33.2 Å². The van der Waals surface area contributed by atoms with E-state index in [1.807, 2.05) is 60.7 Å². The predicted octanol–water partition coefficient (Wildman–Crippen LogP) is 4.55. The number of fused-ring (bicyclic) bond motifs is 2. The third kappa shape index (κ3) is 3.59. The summed E-state index contributed by atoms with van der Waals surface area (Å²) >= 11 is 0. The number of carboxylic acids is 1. The molecular formula is C26H20N4O3. The van der Waals surface area contributed by atoms with Crippen molar-refractivity contribution in [2.45, 2.75) is 13.0 Å². The Morgan fingerprint density at radius 1 is 0.970 bits per heavy atom. The van der Waals surface area contributed by atoms with Crippen LogP contribution in [0.2, 0.25) is 0 Å². The molecule has 0 aliphatic carbocycles. The molecule has 0 spiro atoms. The maximum Gasteiger partial charge on any atom is 0.326 e. The first-order valence-electron chi connectivity index (χ1n) is 10.5. The lowest BCUT2D eigenvalue weighted by molar-refractivity contribution is -0.140. The third-order valence-electron chi connectivity index (χ3n) is 5.64. The van der Waals surface area contributed by atoms with Gasteiger partial charge >= 0.3 is 5.97 Å². The van der Waals surface area contributed by atoms with Crippen LogP contribution >= 0.6 is 0 Å². The minimum absolute atomic E-state index is 0.279. The zero-order valence-electron chi connectivity index (χ0n) is 17.8. The van der Waals surface area contributed by atoms with Gasteiger partial charge in [0.05, 0.1) is 17.1 Å². The maximum atomic E-state index is 13.3. The number of nitrogens with zero attached hydrogens (tertiary/aromatic N) is 4. The molecule has 0 saturated carbocycles. The zero-order chi connectivity index (χ0) is 22.9. The van der Waals surface area contributed by atoms with Crippen molar-refractivity contribution in [2.75, 3.05) is 0 Å². The van der Waals surface area contributed by atoms with Gasteiger partial charge in [0, 0.05) is 28.2 Å². The molecule has 5 rings (SSSR count).